The van der Waals surface area contributed by atoms with E-state index >= 15 is 0 Å². The summed E-state index contributed by atoms with van der Waals surface area (Å²) in [7, 11) is 1.82. The summed E-state index contributed by atoms with van der Waals surface area (Å²) < 4.78 is 14.9. The predicted octanol–water partition coefficient (Wildman–Crippen LogP) is 4.10. The van der Waals surface area contributed by atoms with Gasteiger partial charge in [0.2, 0.25) is 0 Å². The van der Waals surface area contributed by atoms with E-state index in [9.17, 15) is 4.39 Å². The van der Waals surface area contributed by atoms with Gasteiger partial charge in [-0.3, -0.25) is 0 Å². The van der Waals surface area contributed by atoms with Gasteiger partial charge in [-0.25, -0.2) is 4.39 Å². The molecule has 0 atom stereocenters. The first-order valence-corrected chi connectivity index (χ1v) is 6.55. The minimum atomic E-state index is -0.381. The minimum Gasteiger partial charge on any atom is -0.368 e. The molecule has 96 valence electrons. The molecule has 0 unspecified atom stereocenters. The normalized spacial score (nSPS) is 10.0. The lowest BCUT2D eigenvalue weighted by molar-refractivity contribution is 0.621. The fourth-order valence-corrected chi connectivity index (χ4v) is 2.26. The van der Waals surface area contributed by atoms with E-state index in [1.165, 1.54) is 6.07 Å². The Labute approximate surface area is 120 Å². The zero-order valence-electron chi connectivity index (χ0n) is 10.4. The molecule has 2 nitrogen and oxygen atoms in total. The van der Waals surface area contributed by atoms with Gasteiger partial charge in [-0.15, -0.1) is 0 Å². The summed E-state index contributed by atoms with van der Waals surface area (Å²) in [6, 6.07) is 14.3. The van der Waals surface area contributed by atoms with Gasteiger partial charge >= 0.3 is 0 Å². The highest BCUT2D eigenvalue weighted by atomic mass is 79.9. The van der Waals surface area contributed by atoms with Crippen molar-refractivity contribution in [1.29, 1.82) is 5.26 Å². The molecule has 4 heteroatoms. The quantitative estimate of drug-likeness (QED) is 0.852. The molecule has 0 bridgehead atoms. The summed E-state index contributed by atoms with van der Waals surface area (Å²) in [4.78, 5) is 1.82. The van der Waals surface area contributed by atoms with Crippen molar-refractivity contribution in [3.63, 3.8) is 0 Å². The van der Waals surface area contributed by atoms with Crippen LogP contribution in [0.3, 0.4) is 0 Å². The fourth-order valence-electron chi connectivity index (χ4n) is 1.85. The van der Waals surface area contributed by atoms with Crippen LogP contribution in [-0.2, 0) is 6.54 Å². The number of nitriles is 1. The van der Waals surface area contributed by atoms with Crippen LogP contribution in [0.15, 0.2) is 46.9 Å². The molecule has 0 saturated heterocycles. The molecular weight excluding hydrogens is 307 g/mol. The lowest BCUT2D eigenvalue weighted by atomic mass is 10.1. The van der Waals surface area contributed by atoms with Gasteiger partial charge in [0, 0.05) is 18.1 Å². The molecule has 0 heterocycles. The first-order valence-electron chi connectivity index (χ1n) is 5.76. The van der Waals surface area contributed by atoms with Crippen molar-refractivity contribution in [3.8, 4) is 6.07 Å². The smallest absolute Gasteiger partial charge is 0.147 e. The number of halogens is 2. The number of nitrogens with zero attached hydrogens (tertiary/aromatic N) is 2. The molecule has 0 aliphatic carbocycles. The third-order valence-electron chi connectivity index (χ3n) is 2.85. The van der Waals surface area contributed by atoms with Crippen molar-refractivity contribution in [3.05, 3.63) is 63.9 Å². The molecule has 19 heavy (non-hydrogen) atoms. The van der Waals surface area contributed by atoms with Crippen molar-refractivity contribution in [2.45, 2.75) is 6.54 Å². The monoisotopic (exact) mass is 318 g/mol. The first-order chi connectivity index (χ1) is 9.11. The van der Waals surface area contributed by atoms with E-state index in [0.717, 1.165) is 10.0 Å². The average molecular weight is 319 g/mol. The van der Waals surface area contributed by atoms with E-state index in [1.54, 1.807) is 12.1 Å². The largest absolute Gasteiger partial charge is 0.368 e. The van der Waals surface area contributed by atoms with Crippen molar-refractivity contribution in [1.82, 2.24) is 0 Å². The molecule has 2 rings (SSSR count). The Bertz CT molecular complexity index is 634. The van der Waals surface area contributed by atoms with E-state index in [-0.39, 0.29) is 5.82 Å². The van der Waals surface area contributed by atoms with Crippen LogP contribution in [0.4, 0.5) is 10.1 Å². The highest BCUT2D eigenvalue weighted by Gasteiger charge is 2.10. The number of rotatable bonds is 3. The second-order valence-corrected chi connectivity index (χ2v) is 5.08. The van der Waals surface area contributed by atoms with Crippen molar-refractivity contribution in [2.24, 2.45) is 0 Å². The van der Waals surface area contributed by atoms with Gasteiger partial charge in [0.05, 0.1) is 17.3 Å². The standard InChI is InChI=1S/C15H12BrFN2/c1-19(10-12-4-2-3-5-13(12)16)15-7-6-11(9-18)8-14(15)17/h2-8H,10H2,1H3. The number of hydrogen-bond acceptors (Lipinski definition) is 2. The van der Waals surface area contributed by atoms with Gasteiger partial charge in [-0.1, -0.05) is 34.1 Å². The fraction of sp³-hybridized carbons (Fsp3) is 0.133. The molecule has 0 aromatic heterocycles. The molecule has 0 aliphatic rings. The third-order valence-corrected chi connectivity index (χ3v) is 3.63. The molecular formula is C15H12BrFN2. The maximum atomic E-state index is 13.9. The van der Waals surface area contributed by atoms with Crippen molar-refractivity contribution < 1.29 is 4.39 Å². The summed E-state index contributed by atoms with van der Waals surface area (Å²) in [5.41, 5.74) is 1.89. The van der Waals surface area contributed by atoms with Gasteiger partial charge in [0.15, 0.2) is 0 Å². The molecule has 2 aromatic carbocycles. The summed E-state index contributed by atoms with van der Waals surface area (Å²) in [6.45, 7) is 0.588. The van der Waals surface area contributed by atoms with Crippen LogP contribution in [0.25, 0.3) is 0 Å². The van der Waals surface area contributed by atoms with Crippen LogP contribution in [0.1, 0.15) is 11.1 Å². The summed E-state index contributed by atoms with van der Waals surface area (Å²) in [5.74, 6) is -0.381. The lowest BCUT2D eigenvalue weighted by Crippen LogP contribution is -2.18. The molecule has 0 N–H and O–H groups in total. The first kappa shape index (κ1) is 13.6. The Morgan fingerprint density at radius 3 is 2.63 bits per heavy atom. The van der Waals surface area contributed by atoms with E-state index in [4.69, 9.17) is 5.26 Å². The van der Waals surface area contributed by atoms with Crippen LogP contribution >= 0.6 is 15.9 Å². The maximum absolute atomic E-state index is 13.9. The Morgan fingerprint density at radius 2 is 2.00 bits per heavy atom. The van der Waals surface area contributed by atoms with Gasteiger partial charge in [-0.2, -0.15) is 5.26 Å². The molecule has 0 radical (unpaired) electrons. The van der Waals surface area contributed by atoms with Crippen molar-refractivity contribution >= 4 is 21.6 Å². The highest BCUT2D eigenvalue weighted by molar-refractivity contribution is 9.10. The van der Waals surface area contributed by atoms with Crippen LogP contribution < -0.4 is 4.90 Å². The number of hydrogen-bond donors (Lipinski definition) is 0. The minimum absolute atomic E-state index is 0.329. The SMILES string of the molecule is CN(Cc1ccccc1Br)c1ccc(C#N)cc1F. The zero-order valence-corrected chi connectivity index (χ0v) is 12.0. The van der Waals surface area contributed by atoms with Gasteiger partial charge in [0.1, 0.15) is 5.82 Å². The highest BCUT2D eigenvalue weighted by Crippen LogP contribution is 2.23. The molecule has 0 saturated carbocycles. The Morgan fingerprint density at radius 1 is 1.26 bits per heavy atom. The van der Waals surface area contributed by atoms with Gasteiger partial charge < -0.3 is 4.90 Å². The predicted molar refractivity (Wildman–Crippen MR) is 77.4 cm³/mol. The van der Waals surface area contributed by atoms with E-state index in [0.29, 0.717) is 17.8 Å². The average Bonchev–Trinajstić information content (AvgIpc) is 2.41. The third kappa shape index (κ3) is 3.12. The van der Waals surface area contributed by atoms with Gasteiger partial charge in [-0.05, 0) is 29.8 Å². The number of benzene rings is 2. The van der Waals surface area contributed by atoms with Crippen LogP contribution in [0.5, 0.6) is 0 Å². The van der Waals surface area contributed by atoms with E-state index in [2.05, 4.69) is 15.9 Å². The molecule has 0 amide bonds. The van der Waals surface area contributed by atoms with E-state index < -0.39 is 0 Å². The van der Waals surface area contributed by atoms with Gasteiger partial charge in [0.25, 0.3) is 0 Å². The second-order valence-electron chi connectivity index (χ2n) is 4.23. The molecule has 2 aromatic rings. The summed E-state index contributed by atoms with van der Waals surface area (Å²) >= 11 is 3.48. The van der Waals surface area contributed by atoms with E-state index in [1.807, 2.05) is 42.3 Å². The summed E-state index contributed by atoms with van der Waals surface area (Å²) in [6.07, 6.45) is 0. The Kier molecular flexibility index (Phi) is 4.18. The van der Waals surface area contributed by atoms with Crippen molar-refractivity contribution in [2.75, 3.05) is 11.9 Å². The van der Waals surface area contributed by atoms with Crippen LogP contribution in [0.2, 0.25) is 0 Å². The zero-order chi connectivity index (χ0) is 13.8. The lowest BCUT2D eigenvalue weighted by Gasteiger charge is -2.20. The molecule has 0 aliphatic heterocycles. The summed E-state index contributed by atoms with van der Waals surface area (Å²) in [5, 5.41) is 8.73. The topological polar surface area (TPSA) is 27.0 Å². The molecule has 0 fully saturated rings. The maximum Gasteiger partial charge on any atom is 0.147 e. The van der Waals surface area contributed by atoms with Crippen LogP contribution in [-0.4, -0.2) is 7.05 Å². The van der Waals surface area contributed by atoms with Crippen LogP contribution in [0, 0.1) is 17.1 Å². The Hall–Kier alpha value is -1.86. The Balaban J connectivity index is 2.24. The number of anilines is 1. The molecule has 0 spiro atoms. The second kappa shape index (κ2) is 5.85.